The van der Waals surface area contributed by atoms with Crippen LogP contribution in [0.5, 0.6) is 0 Å². The van der Waals surface area contributed by atoms with Gasteiger partial charge in [-0.2, -0.15) is 11.8 Å². The first-order valence-electron chi connectivity index (χ1n) is 6.00. The second-order valence-electron chi connectivity index (χ2n) is 3.71. The van der Waals surface area contributed by atoms with Gasteiger partial charge in [0.15, 0.2) is 5.96 Å². The Balaban J connectivity index is 0.00000256. The topological polar surface area (TPSA) is 45.6 Å². The summed E-state index contributed by atoms with van der Waals surface area (Å²) in [5.74, 6) is 2.19. The molecule has 1 saturated heterocycles. The molecule has 2 N–H and O–H groups in total. The molecule has 0 aromatic rings. The van der Waals surface area contributed by atoms with E-state index in [0.717, 1.165) is 37.5 Å². The van der Waals surface area contributed by atoms with E-state index in [9.17, 15) is 0 Å². The first-order valence-corrected chi connectivity index (χ1v) is 7.05. The molecule has 0 bridgehead atoms. The van der Waals surface area contributed by atoms with Crippen molar-refractivity contribution in [1.82, 2.24) is 10.6 Å². The number of aliphatic imine (C=N–C) groups is 1. The molecule has 1 unspecified atom stereocenters. The van der Waals surface area contributed by atoms with Crippen LogP contribution in [0.15, 0.2) is 4.99 Å². The Hall–Kier alpha value is 0.310. The van der Waals surface area contributed by atoms with E-state index in [2.05, 4.69) is 27.4 Å². The van der Waals surface area contributed by atoms with E-state index in [-0.39, 0.29) is 24.0 Å². The third-order valence-electron chi connectivity index (χ3n) is 2.49. The van der Waals surface area contributed by atoms with E-state index in [1.807, 2.05) is 6.92 Å². The summed E-state index contributed by atoms with van der Waals surface area (Å²) in [6.07, 6.45) is 2.68. The van der Waals surface area contributed by atoms with E-state index in [0.29, 0.717) is 0 Å². The molecule has 102 valence electrons. The second kappa shape index (κ2) is 11.4. The predicted octanol–water partition coefficient (Wildman–Crippen LogP) is 1.70. The average molecular weight is 373 g/mol. The Morgan fingerprint density at radius 2 is 2.29 bits per heavy atom. The first-order chi connectivity index (χ1) is 7.86. The van der Waals surface area contributed by atoms with E-state index in [1.165, 1.54) is 18.6 Å². The summed E-state index contributed by atoms with van der Waals surface area (Å²) in [6, 6.07) is 0. The number of hydrogen-bond donors (Lipinski definition) is 2. The zero-order chi connectivity index (χ0) is 11.6. The first kappa shape index (κ1) is 17.3. The lowest BCUT2D eigenvalue weighted by atomic mass is 10.2. The number of ether oxygens (including phenoxy) is 1. The summed E-state index contributed by atoms with van der Waals surface area (Å²) in [4.78, 5) is 4.18. The lowest BCUT2D eigenvalue weighted by Gasteiger charge is -2.14. The Kier molecular flexibility index (Phi) is 11.6. The lowest BCUT2D eigenvalue weighted by molar-refractivity contribution is 0.152. The maximum atomic E-state index is 5.26. The minimum absolute atomic E-state index is 0. The summed E-state index contributed by atoms with van der Waals surface area (Å²) >= 11 is 2.06. The molecule has 0 spiro atoms. The summed E-state index contributed by atoms with van der Waals surface area (Å²) in [5.41, 5.74) is 0. The van der Waals surface area contributed by atoms with E-state index >= 15 is 0 Å². The van der Waals surface area contributed by atoms with Gasteiger partial charge in [0.25, 0.3) is 0 Å². The highest BCUT2D eigenvalue weighted by atomic mass is 127. The predicted molar refractivity (Wildman–Crippen MR) is 86.8 cm³/mol. The van der Waals surface area contributed by atoms with Crippen LogP contribution in [0, 0.1) is 0 Å². The van der Waals surface area contributed by atoms with Crippen molar-refractivity contribution in [2.45, 2.75) is 25.0 Å². The van der Waals surface area contributed by atoms with Crippen molar-refractivity contribution in [1.29, 1.82) is 0 Å². The number of guanidine groups is 1. The summed E-state index contributed by atoms with van der Waals surface area (Å²) < 4.78 is 5.26. The molecular formula is C11H24IN3OS. The summed E-state index contributed by atoms with van der Waals surface area (Å²) in [5, 5.41) is 7.34. The molecule has 0 aromatic heterocycles. The van der Waals surface area contributed by atoms with Crippen molar-refractivity contribution in [3.05, 3.63) is 0 Å². The second-order valence-corrected chi connectivity index (χ2v) is 5.12. The molecule has 0 saturated carbocycles. The fraction of sp³-hybridized carbons (Fsp3) is 0.909. The molecule has 17 heavy (non-hydrogen) atoms. The Labute approximate surface area is 126 Å². The molecule has 0 radical (unpaired) electrons. The number of nitrogens with one attached hydrogen (secondary N) is 2. The molecule has 0 aromatic carbocycles. The molecule has 1 heterocycles. The Morgan fingerprint density at radius 1 is 1.47 bits per heavy atom. The highest BCUT2D eigenvalue weighted by Gasteiger charge is 2.15. The zero-order valence-corrected chi connectivity index (χ0v) is 13.8. The summed E-state index contributed by atoms with van der Waals surface area (Å²) in [6.45, 7) is 5.33. The molecule has 4 nitrogen and oxygen atoms in total. The SMILES string of the molecule is CCOCCNC(=NC)NCC1CCCS1.I. The van der Waals surface area contributed by atoms with Gasteiger partial charge in [-0.05, 0) is 25.5 Å². The van der Waals surface area contributed by atoms with Crippen LogP contribution in [0.3, 0.4) is 0 Å². The highest BCUT2D eigenvalue weighted by molar-refractivity contribution is 14.0. The molecule has 0 aliphatic carbocycles. The molecule has 0 amide bonds. The van der Waals surface area contributed by atoms with Crippen LogP contribution in [0.25, 0.3) is 0 Å². The molecular weight excluding hydrogens is 349 g/mol. The monoisotopic (exact) mass is 373 g/mol. The van der Waals surface area contributed by atoms with Gasteiger partial charge in [0, 0.05) is 32.0 Å². The van der Waals surface area contributed by atoms with Gasteiger partial charge in [0.2, 0.25) is 0 Å². The van der Waals surface area contributed by atoms with Crippen LogP contribution < -0.4 is 10.6 Å². The minimum atomic E-state index is 0. The van der Waals surface area contributed by atoms with Crippen LogP contribution in [0.1, 0.15) is 19.8 Å². The number of hydrogen-bond acceptors (Lipinski definition) is 3. The quantitative estimate of drug-likeness (QED) is 0.322. The van der Waals surface area contributed by atoms with E-state index in [1.54, 1.807) is 7.05 Å². The molecule has 1 aliphatic heterocycles. The van der Waals surface area contributed by atoms with Crippen molar-refractivity contribution in [2.75, 3.05) is 39.1 Å². The summed E-state index contributed by atoms with van der Waals surface area (Å²) in [7, 11) is 1.80. The Morgan fingerprint density at radius 3 is 2.88 bits per heavy atom. The Bertz CT molecular complexity index is 211. The molecule has 1 rings (SSSR count). The largest absolute Gasteiger partial charge is 0.380 e. The molecule has 1 fully saturated rings. The van der Waals surface area contributed by atoms with Gasteiger partial charge in [0.05, 0.1) is 6.61 Å². The molecule has 6 heteroatoms. The van der Waals surface area contributed by atoms with Gasteiger partial charge in [-0.15, -0.1) is 24.0 Å². The standard InChI is InChI=1S/C11H23N3OS.HI/c1-3-15-7-6-13-11(12-2)14-9-10-5-4-8-16-10;/h10H,3-9H2,1-2H3,(H2,12,13,14);1H. The number of rotatable bonds is 6. The van der Waals surface area contributed by atoms with E-state index < -0.39 is 0 Å². The number of nitrogens with zero attached hydrogens (tertiary/aromatic N) is 1. The van der Waals surface area contributed by atoms with Gasteiger partial charge >= 0.3 is 0 Å². The van der Waals surface area contributed by atoms with Gasteiger partial charge in [-0.3, -0.25) is 4.99 Å². The fourth-order valence-corrected chi connectivity index (χ4v) is 2.82. The van der Waals surface area contributed by atoms with Crippen molar-refractivity contribution in [3.63, 3.8) is 0 Å². The molecule has 1 atom stereocenters. The van der Waals surface area contributed by atoms with Crippen LogP contribution in [0.4, 0.5) is 0 Å². The van der Waals surface area contributed by atoms with Gasteiger partial charge in [-0.25, -0.2) is 0 Å². The van der Waals surface area contributed by atoms with Crippen LogP contribution in [-0.2, 0) is 4.74 Å². The van der Waals surface area contributed by atoms with Crippen LogP contribution in [0.2, 0.25) is 0 Å². The van der Waals surface area contributed by atoms with Crippen LogP contribution in [-0.4, -0.2) is 50.3 Å². The number of halogens is 1. The smallest absolute Gasteiger partial charge is 0.191 e. The van der Waals surface area contributed by atoms with Gasteiger partial charge < -0.3 is 15.4 Å². The third kappa shape index (κ3) is 8.10. The number of thioether (sulfide) groups is 1. The van der Waals surface area contributed by atoms with Crippen molar-refractivity contribution in [2.24, 2.45) is 4.99 Å². The third-order valence-corrected chi connectivity index (χ3v) is 3.89. The normalized spacial score (nSPS) is 19.9. The van der Waals surface area contributed by atoms with E-state index in [4.69, 9.17) is 4.74 Å². The highest BCUT2D eigenvalue weighted by Crippen LogP contribution is 2.25. The van der Waals surface area contributed by atoms with Gasteiger partial charge in [0.1, 0.15) is 0 Å². The van der Waals surface area contributed by atoms with Crippen molar-refractivity contribution in [3.8, 4) is 0 Å². The van der Waals surface area contributed by atoms with Crippen LogP contribution >= 0.6 is 35.7 Å². The molecule has 1 aliphatic rings. The zero-order valence-electron chi connectivity index (χ0n) is 10.7. The maximum absolute atomic E-state index is 5.26. The average Bonchev–Trinajstić information content (AvgIpc) is 2.81. The van der Waals surface area contributed by atoms with Crippen molar-refractivity contribution >= 4 is 41.7 Å². The van der Waals surface area contributed by atoms with Crippen molar-refractivity contribution < 1.29 is 4.74 Å². The van der Waals surface area contributed by atoms with Gasteiger partial charge in [-0.1, -0.05) is 0 Å². The minimum Gasteiger partial charge on any atom is -0.380 e. The fourth-order valence-electron chi connectivity index (χ4n) is 1.62. The lowest BCUT2D eigenvalue weighted by Crippen LogP contribution is -2.41. The maximum Gasteiger partial charge on any atom is 0.191 e.